The van der Waals surface area contributed by atoms with E-state index in [2.05, 4.69) is 102 Å². The molecule has 5 aliphatic carbocycles. The summed E-state index contributed by atoms with van der Waals surface area (Å²) in [6, 6.07) is 10.2. The van der Waals surface area contributed by atoms with E-state index in [-0.39, 0.29) is 62.9 Å². The average Bonchev–Trinajstić information content (AvgIpc) is 3.70. The largest absolute Gasteiger partial charge is 0.481 e. The molecule has 9 unspecified atom stereocenters. The van der Waals surface area contributed by atoms with Crippen molar-refractivity contribution in [2.75, 3.05) is 20.1 Å². The van der Waals surface area contributed by atoms with Crippen LogP contribution in [0.3, 0.4) is 0 Å². The number of fused-ring (bicyclic) bond motifs is 7. The van der Waals surface area contributed by atoms with Crippen LogP contribution in [0.15, 0.2) is 65.1 Å². The topological polar surface area (TPSA) is 120 Å². The first-order chi connectivity index (χ1) is 28.5. The SMILES string of the molecule is C=C=C1C=C(C23CCC4(C)C(CCC5(C)C6(C)CCC(OC(=O)CC(C)(C)C(=O)O)C(C)(C)C6CCC45C)C2=C(C(C)C)C(=O)C3)N(CCNC)C1Cc1ccc(C#N)cc1. The number of ketones is 1. The van der Waals surface area contributed by atoms with Crippen LogP contribution >= 0.6 is 0 Å². The van der Waals surface area contributed by atoms with Gasteiger partial charge in [0, 0.05) is 41.6 Å². The Morgan fingerprint density at radius 3 is 2.25 bits per heavy atom. The van der Waals surface area contributed by atoms with Gasteiger partial charge >= 0.3 is 11.9 Å². The van der Waals surface area contributed by atoms with Crippen LogP contribution in [0.1, 0.15) is 145 Å². The minimum atomic E-state index is -1.18. The van der Waals surface area contributed by atoms with Crippen molar-refractivity contribution in [3.8, 4) is 6.07 Å². The molecule has 2 N–H and O–H groups in total. The number of nitriles is 1. The fourth-order valence-corrected chi connectivity index (χ4v) is 15.1. The number of rotatable bonds is 11. The fourth-order valence-electron chi connectivity index (χ4n) is 15.1. The van der Waals surface area contributed by atoms with Crippen molar-refractivity contribution < 1.29 is 24.2 Å². The number of Topliss-reactive ketones (excluding diaryl/α,β-unsaturated/α-hetero) is 1. The van der Waals surface area contributed by atoms with Crippen LogP contribution in [0, 0.1) is 67.0 Å². The number of carbonyl (C=O) groups excluding carboxylic acids is 2. The summed E-state index contributed by atoms with van der Waals surface area (Å²) in [6.07, 6.45) is 11.2. The molecule has 4 saturated carbocycles. The molecule has 8 heteroatoms. The number of nitrogens with zero attached hydrogens (tertiary/aromatic N) is 2. The molecule has 7 rings (SSSR count). The number of carbonyl (C=O) groups is 3. The summed E-state index contributed by atoms with van der Waals surface area (Å²) in [6.45, 7) is 28.4. The monoisotopic (exact) mass is 832 g/mol. The predicted octanol–water partition coefficient (Wildman–Crippen LogP) is 10.4. The third-order valence-corrected chi connectivity index (χ3v) is 18.9. The van der Waals surface area contributed by atoms with E-state index in [1.807, 2.05) is 19.2 Å². The fraction of sp³-hybridized carbons (Fsp3) is 0.679. The predicted molar refractivity (Wildman–Crippen MR) is 240 cm³/mol. The Labute approximate surface area is 366 Å². The zero-order valence-electron chi connectivity index (χ0n) is 39.1. The summed E-state index contributed by atoms with van der Waals surface area (Å²) in [5.74, 6) is -0.364. The Balaban J connectivity index is 1.25. The molecule has 1 aromatic carbocycles. The van der Waals surface area contributed by atoms with Crippen molar-refractivity contribution in [2.24, 2.45) is 55.7 Å². The molecule has 1 aromatic rings. The van der Waals surface area contributed by atoms with Gasteiger partial charge in [-0.05, 0) is 153 Å². The normalized spacial score (nSPS) is 36.6. The minimum absolute atomic E-state index is 0.00325. The second-order valence-corrected chi connectivity index (χ2v) is 22.5. The molecule has 4 fully saturated rings. The summed E-state index contributed by atoms with van der Waals surface area (Å²) < 4.78 is 6.26. The molecule has 61 heavy (non-hydrogen) atoms. The number of carboxylic acid groups (broad SMARTS) is 1. The smallest absolute Gasteiger partial charge is 0.309 e. The summed E-state index contributed by atoms with van der Waals surface area (Å²) >= 11 is 0. The molecule has 9 atom stereocenters. The maximum atomic E-state index is 14.7. The highest BCUT2D eigenvalue weighted by atomic mass is 16.5. The molecule has 0 bridgehead atoms. The van der Waals surface area contributed by atoms with Crippen molar-refractivity contribution in [3.63, 3.8) is 0 Å². The van der Waals surface area contributed by atoms with Crippen molar-refractivity contribution in [1.82, 2.24) is 10.2 Å². The number of carboxylic acids is 1. The van der Waals surface area contributed by atoms with Crippen molar-refractivity contribution in [1.29, 1.82) is 5.26 Å². The van der Waals surface area contributed by atoms with Gasteiger partial charge in [0.25, 0.3) is 0 Å². The van der Waals surface area contributed by atoms with Gasteiger partial charge in [0.1, 0.15) is 6.10 Å². The van der Waals surface area contributed by atoms with Gasteiger partial charge < -0.3 is 20.1 Å². The van der Waals surface area contributed by atoms with Gasteiger partial charge in [0.2, 0.25) is 0 Å². The number of aliphatic carboxylic acids is 1. The summed E-state index contributed by atoms with van der Waals surface area (Å²) in [5, 5.41) is 22.6. The molecule has 0 saturated heterocycles. The molecule has 0 aromatic heterocycles. The number of benzene rings is 1. The standard InChI is InChI=1S/C53H73N3O5/c1-13-36-29-41(56(27-26-55-12)38(36)28-34-14-16-35(32-54)17-15-34)53-25-24-49(8)37(45(53)44(33(2)3)39(57)30-53)18-22-52(11)50(9)21-20-42(61-43(58)31-47(4,5)46(59)60)48(6,7)40(50)19-23-51(49,52)10/h14-17,29,33,37-38,40,42,55H,1,18-28,30-31H2,2-12H3,(H,59,60). The molecule has 1 heterocycles. The Kier molecular flexibility index (Phi) is 11.4. The molecule has 0 amide bonds. The molecule has 0 spiro atoms. The molecule has 0 radical (unpaired) electrons. The molecule has 8 nitrogen and oxygen atoms in total. The van der Waals surface area contributed by atoms with Crippen molar-refractivity contribution in [2.45, 2.75) is 152 Å². The van der Waals surface area contributed by atoms with Gasteiger partial charge in [0.05, 0.1) is 29.5 Å². The summed E-state index contributed by atoms with van der Waals surface area (Å²) in [4.78, 5) is 42.5. The highest BCUT2D eigenvalue weighted by molar-refractivity contribution is 6.01. The minimum Gasteiger partial charge on any atom is -0.481 e. The Morgan fingerprint density at radius 2 is 1.64 bits per heavy atom. The van der Waals surface area contributed by atoms with Crippen LogP contribution in [0.4, 0.5) is 0 Å². The molecular formula is C53H73N3O5. The van der Waals surface area contributed by atoms with Gasteiger partial charge in [0.15, 0.2) is 5.78 Å². The zero-order valence-corrected chi connectivity index (χ0v) is 39.1. The van der Waals surface area contributed by atoms with Crippen LogP contribution in [-0.4, -0.2) is 60.0 Å². The van der Waals surface area contributed by atoms with E-state index in [1.165, 1.54) is 11.3 Å². The molecule has 330 valence electrons. The quantitative estimate of drug-likeness (QED) is 0.167. The first-order valence-corrected chi connectivity index (χ1v) is 23.2. The van der Waals surface area contributed by atoms with Crippen LogP contribution in [0.25, 0.3) is 0 Å². The molecule has 1 aliphatic heterocycles. The number of hydrogen-bond donors (Lipinski definition) is 2. The van der Waals surface area contributed by atoms with Crippen LogP contribution in [0.5, 0.6) is 0 Å². The Morgan fingerprint density at radius 1 is 0.984 bits per heavy atom. The van der Waals surface area contributed by atoms with E-state index in [9.17, 15) is 24.8 Å². The maximum Gasteiger partial charge on any atom is 0.309 e. The van der Waals surface area contributed by atoms with E-state index in [0.717, 1.165) is 87.6 Å². The van der Waals surface area contributed by atoms with Crippen molar-refractivity contribution in [3.05, 3.63) is 76.2 Å². The summed E-state index contributed by atoms with van der Waals surface area (Å²) in [7, 11) is 2.00. The van der Waals surface area contributed by atoms with E-state index in [0.29, 0.717) is 23.7 Å². The van der Waals surface area contributed by atoms with E-state index in [1.54, 1.807) is 13.8 Å². The zero-order chi connectivity index (χ0) is 44.7. The average molecular weight is 832 g/mol. The molecular weight excluding hydrogens is 759 g/mol. The highest BCUT2D eigenvalue weighted by Crippen LogP contribution is 2.81. The Bertz CT molecular complexity index is 2130. The van der Waals surface area contributed by atoms with Crippen LogP contribution in [0.2, 0.25) is 0 Å². The first kappa shape index (κ1) is 45.1. The number of ether oxygens (including phenoxy) is 1. The van der Waals surface area contributed by atoms with E-state index in [4.69, 9.17) is 4.74 Å². The number of nitrogens with one attached hydrogen (secondary N) is 1. The maximum absolute atomic E-state index is 14.7. The summed E-state index contributed by atoms with van der Waals surface area (Å²) in [5.41, 5.74) is 8.13. The second-order valence-electron chi connectivity index (χ2n) is 22.5. The number of esters is 1. The van der Waals surface area contributed by atoms with Crippen LogP contribution < -0.4 is 5.32 Å². The molecule has 6 aliphatic rings. The van der Waals surface area contributed by atoms with Gasteiger partial charge in [-0.3, -0.25) is 14.4 Å². The van der Waals surface area contributed by atoms with Gasteiger partial charge in [-0.25, -0.2) is 0 Å². The lowest BCUT2D eigenvalue weighted by Crippen LogP contribution is -2.70. The Hall–Kier alpha value is -3.92. The number of likely N-dealkylation sites (N-methyl/N-ethyl adjacent to an activating group) is 1. The number of allylic oxidation sites excluding steroid dienone is 2. The van der Waals surface area contributed by atoms with E-state index < -0.39 is 17.4 Å². The van der Waals surface area contributed by atoms with Gasteiger partial charge in [-0.2, -0.15) is 5.26 Å². The van der Waals surface area contributed by atoms with Crippen molar-refractivity contribution >= 4 is 17.7 Å². The first-order valence-electron chi connectivity index (χ1n) is 23.2. The van der Waals surface area contributed by atoms with E-state index >= 15 is 0 Å². The lowest BCUT2D eigenvalue weighted by atomic mass is 9.28. The van der Waals surface area contributed by atoms with Crippen LogP contribution in [-0.2, 0) is 25.5 Å². The third kappa shape index (κ3) is 6.56. The lowest BCUT2D eigenvalue weighted by Gasteiger charge is -2.76. The lowest BCUT2D eigenvalue weighted by molar-refractivity contribution is -0.277. The van der Waals surface area contributed by atoms with Gasteiger partial charge in [-0.15, -0.1) is 5.73 Å². The highest BCUT2D eigenvalue weighted by Gasteiger charge is 2.75. The van der Waals surface area contributed by atoms with Gasteiger partial charge in [-0.1, -0.05) is 74.1 Å². The third-order valence-electron chi connectivity index (χ3n) is 18.9. The second kappa shape index (κ2) is 15.4. The number of hydrogen-bond acceptors (Lipinski definition) is 7.